The Hall–Kier alpha value is -0.160. The summed E-state index contributed by atoms with van der Waals surface area (Å²) in [5, 5.41) is 13.5. The molecule has 2 aliphatic heterocycles. The third kappa shape index (κ3) is 2.24. The maximum atomic E-state index is 12.3. The van der Waals surface area contributed by atoms with Gasteiger partial charge in [0.05, 0.1) is 12.7 Å². The zero-order valence-corrected chi connectivity index (χ0v) is 11.6. The van der Waals surface area contributed by atoms with E-state index in [4.69, 9.17) is 9.47 Å². The largest absolute Gasteiger partial charge is 0.347 e. The fourth-order valence-corrected chi connectivity index (χ4v) is 3.35. The summed E-state index contributed by atoms with van der Waals surface area (Å²) in [7, 11) is 0. The summed E-state index contributed by atoms with van der Waals surface area (Å²) in [5.74, 6) is -0.547. The maximum absolute atomic E-state index is 12.3. The predicted molar refractivity (Wildman–Crippen MR) is 63.8 cm³/mol. The molecule has 4 nitrogen and oxygen atoms in total. The number of hydrogen-bond acceptors (Lipinski definition) is 3. The molecular formula is C13H24NO3. The summed E-state index contributed by atoms with van der Waals surface area (Å²) < 4.78 is 12.0. The van der Waals surface area contributed by atoms with Crippen molar-refractivity contribution in [3.8, 4) is 0 Å². The van der Waals surface area contributed by atoms with E-state index in [1.165, 1.54) is 5.06 Å². The van der Waals surface area contributed by atoms with Crippen LogP contribution in [0.5, 0.6) is 0 Å². The van der Waals surface area contributed by atoms with Crippen molar-refractivity contribution in [3.63, 3.8) is 0 Å². The topological polar surface area (TPSA) is 41.6 Å². The minimum absolute atomic E-state index is 0.180. The highest BCUT2D eigenvalue weighted by Crippen LogP contribution is 2.47. The summed E-state index contributed by atoms with van der Waals surface area (Å²) in [6, 6.07) is 0. The van der Waals surface area contributed by atoms with Crippen LogP contribution in [0, 0.1) is 0 Å². The van der Waals surface area contributed by atoms with Crippen LogP contribution in [0.2, 0.25) is 0 Å². The summed E-state index contributed by atoms with van der Waals surface area (Å²) in [5.41, 5.74) is -0.880. The third-order valence-corrected chi connectivity index (χ3v) is 3.87. The molecule has 0 bridgehead atoms. The number of hydroxylamine groups is 2. The third-order valence-electron chi connectivity index (χ3n) is 3.87. The van der Waals surface area contributed by atoms with Gasteiger partial charge in [0.15, 0.2) is 5.79 Å². The van der Waals surface area contributed by atoms with E-state index in [1.807, 2.05) is 27.7 Å². The molecule has 0 aromatic rings. The maximum Gasteiger partial charge on any atom is 0.172 e. The number of piperidine rings is 1. The normalized spacial score (nSPS) is 35.3. The van der Waals surface area contributed by atoms with Crippen molar-refractivity contribution in [2.45, 2.75) is 76.9 Å². The number of nitrogens with zero attached hydrogens (tertiary/aromatic N) is 1. The molecule has 0 aliphatic carbocycles. The van der Waals surface area contributed by atoms with E-state index in [0.717, 1.165) is 6.42 Å². The van der Waals surface area contributed by atoms with E-state index >= 15 is 0 Å². The highest BCUT2D eigenvalue weighted by atomic mass is 16.7. The SMILES string of the molecule is CC[C@@H]1COC2(CC(C)(C)N([O])C(C)(C)C2)O1. The van der Waals surface area contributed by atoms with Gasteiger partial charge in [0.2, 0.25) is 0 Å². The van der Waals surface area contributed by atoms with Crippen LogP contribution in [0.15, 0.2) is 0 Å². The first-order chi connectivity index (χ1) is 7.71. The molecule has 99 valence electrons. The van der Waals surface area contributed by atoms with Crippen molar-refractivity contribution >= 4 is 0 Å². The van der Waals surface area contributed by atoms with E-state index in [9.17, 15) is 5.21 Å². The quantitative estimate of drug-likeness (QED) is 0.709. The lowest BCUT2D eigenvalue weighted by atomic mass is 9.78. The van der Waals surface area contributed by atoms with E-state index in [2.05, 4.69) is 6.92 Å². The van der Waals surface area contributed by atoms with Crippen molar-refractivity contribution in [2.24, 2.45) is 0 Å². The second kappa shape index (κ2) is 3.92. The molecule has 0 unspecified atom stereocenters. The first kappa shape index (κ1) is 13.3. The average molecular weight is 242 g/mol. The first-order valence-corrected chi connectivity index (χ1v) is 6.50. The summed E-state index contributed by atoms with van der Waals surface area (Å²) >= 11 is 0. The van der Waals surface area contributed by atoms with Gasteiger partial charge in [0.1, 0.15) is 0 Å². The molecule has 0 amide bonds. The molecule has 2 heterocycles. The molecule has 0 aromatic carbocycles. The minimum atomic E-state index is -0.547. The Kier molecular flexibility index (Phi) is 3.06. The van der Waals surface area contributed by atoms with Gasteiger partial charge in [0, 0.05) is 23.9 Å². The van der Waals surface area contributed by atoms with Gasteiger partial charge >= 0.3 is 0 Å². The Labute approximate surface area is 104 Å². The Morgan fingerprint density at radius 1 is 1.18 bits per heavy atom. The van der Waals surface area contributed by atoms with Gasteiger partial charge in [0.25, 0.3) is 0 Å². The summed E-state index contributed by atoms with van der Waals surface area (Å²) in [6.45, 7) is 10.6. The van der Waals surface area contributed by atoms with Crippen molar-refractivity contribution in [1.82, 2.24) is 5.06 Å². The molecule has 1 atom stereocenters. The standard InChI is InChI=1S/C13H24NO3/c1-6-10-7-16-13(17-10)8-11(2,3)14(15)12(4,5)9-13/h10H,6-9H2,1-5H3/t10-/m1/s1. The lowest BCUT2D eigenvalue weighted by Crippen LogP contribution is -2.64. The summed E-state index contributed by atoms with van der Waals surface area (Å²) in [4.78, 5) is 0. The van der Waals surface area contributed by atoms with Crippen molar-refractivity contribution in [2.75, 3.05) is 6.61 Å². The average Bonchev–Trinajstić information content (AvgIpc) is 2.56. The fraction of sp³-hybridized carbons (Fsp3) is 1.00. The second-order valence-corrected chi connectivity index (χ2v) is 6.64. The number of rotatable bonds is 1. The zero-order valence-electron chi connectivity index (χ0n) is 11.6. The van der Waals surface area contributed by atoms with Gasteiger partial charge in [-0.2, -0.15) is 0 Å². The highest BCUT2D eigenvalue weighted by molar-refractivity contribution is 5.02. The van der Waals surface area contributed by atoms with E-state index in [-0.39, 0.29) is 6.10 Å². The van der Waals surface area contributed by atoms with Gasteiger partial charge < -0.3 is 9.47 Å². The monoisotopic (exact) mass is 242 g/mol. The van der Waals surface area contributed by atoms with Gasteiger partial charge in [-0.15, -0.1) is 10.3 Å². The molecule has 1 spiro atoms. The molecular weight excluding hydrogens is 218 g/mol. The molecule has 2 rings (SSSR count). The molecule has 2 fully saturated rings. The highest BCUT2D eigenvalue weighted by Gasteiger charge is 2.57. The van der Waals surface area contributed by atoms with Crippen LogP contribution in [0.4, 0.5) is 0 Å². The second-order valence-electron chi connectivity index (χ2n) is 6.64. The molecule has 4 heteroatoms. The molecule has 17 heavy (non-hydrogen) atoms. The molecule has 0 saturated carbocycles. The molecule has 0 N–H and O–H groups in total. The zero-order chi connectivity index (χ0) is 12.9. The Bertz CT molecular complexity index is 283. The van der Waals surface area contributed by atoms with Crippen LogP contribution >= 0.6 is 0 Å². The van der Waals surface area contributed by atoms with Crippen LogP contribution in [-0.2, 0) is 14.7 Å². The smallest absolute Gasteiger partial charge is 0.172 e. The minimum Gasteiger partial charge on any atom is -0.347 e. The van der Waals surface area contributed by atoms with Crippen LogP contribution in [0.3, 0.4) is 0 Å². The van der Waals surface area contributed by atoms with Gasteiger partial charge in [-0.25, -0.2) is 0 Å². The summed E-state index contributed by atoms with van der Waals surface area (Å²) in [6.07, 6.45) is 2.43. The van der Waals surface area contributed by atoms with E-state index in [1.54, 1.807) is 0 Å². The molecule has 0 aromatic heterocycles. The van der Waals surface area contributed by atoms with Crippen molar-refractivity contribution in [3.05, 3.63) is 0 Å². The van der Waals surface area contributed by atoms with Gasteiger partial charge in [-0.05, 0) is 34.1 Å². The van der Waals surface area contributed by atoms with Crippen molar-refractivity contribution < 1.29 is 14.7 Å². The van der Waals surface area contributed by atoms with Gasteiger partial charge in [-0.1, -0.05) is 6.92 Å². The molecule has 2 saturated heterocycles. The Balaban J connectivity index is 2.22. The predicted octanol–water partition coefficient (Wildman–Crippen LogP) is 2.51. The lowest BCUT2D eigenvalue weighted by Gasteiger charge is -2.53. The molecule has 1 radical (unpaired) electrons. The first-order valence-electron chi connectivity index (χ1n) is 6.50. The fourth-order valence-electron chi connectivity index (χ4n) is 3.35. The van der Waals surface area contributed by atoms with Crippen LogP contribution in [-0.4, -0.2) is 34.6 Å². The Morgan fingerprint density at radius 3 is 2.12 bits per heavy atom. The van der Waals surface area contributed by atoms with Crippen molar-refractivity contribution in [1.29, 1.82) is 0 Å². The van der Waals surface area contributed by atoms with Gasteiger partial charge in [-0.3, -0.25) is 0 Å². The van der Waals surface area contributed by atoms with Crippen LogP contribution in [0.25, 0.3) is 0 Å². The molecule has 2 aliphatic rings. The van der Waals surface area contributed by atoms with E-state index < -0.39 is 16.9 Å². The lowest BCUT2D eigenvalue weighted by molar-refractivity contribution is -0.343. The van der Waals surface area contributed by atoms with Crippen LogP contribution < -0.4 is 0 Å². The number of hydrogen-bond donors (Lipinski definition) is 0. The van der Waals surface area contributed by atoms with Crippen LogP contribution in [0.1, 0.15) is 53.9 Å². The van der Waals surface area contributed by atoms with E-state index in [0.29, 0.717) is 19.4 Å². The Morgan fingerprint density at radius 2 is 1.71 bits per heavy atom. The number of ether oxygens (including phenoxy) is 2.